The number of aliphatic hydroxyl groups is 1. The summed E-state index contributed by atoms with van der Waals surface area (Å²) in [4.78, 5) is 14.3. The van der Waals surface area contributed by atoms with E-state index in [1.54, 1.807) is 18.2 Å². The van der Waals surface area contributed by atoms with Gasteiger partial charge in [0, 0.05) is 18.7 Å². The zero-order chi connectivity index (χ0) is 14.7. The molecule has 1 amide bonds. The van der Waals surface area contributed by atoms with Crippen LogP contribution in [0.3, 0.4) is 0 Å². The van der Waals surface area contributed by atoms with E-state index < -0.39 is 0 Å². The van der Waals surface area contributed by atoms with E-state index in [1.807, 2.05) is 4.90 Å². The molecular formula is C15H19NO5. The van der Waals surface area contributed by atoms with Crippen LogP contribution in [0, 0.1) is 0 Å². The molecule has 1 aromatic rings. The molecule has 1 aromatic carbocycles. The number of amides is 1. The Morgan fingerprint density at radius 3 is 2.81 bits per heavy atom. The van der Waals surface area contributed by atoms with Crippen LogP contribution in [0.5, 0.6) is 11.5 Å². The second-order valence-corrected chi connectivity index (χ2v) is 5.15. The first-order valence-electron chi connectivity index (χ1n) is 7.19. The molecule has 0 spiro atoms. The molecule has 1 saturated heterocycles. The van der Waals surface area contributed by atoms with Crippen molar-refractivity contribution in [2.45, 2.75) is 18.9 Å². The van der Waals surface area contributed by atoms with E-state index in [0.29, 0.717) is 36.8 Å². The average Bonchev–Trinajstić information content (AvgIpc) is 3.00. The molecule has 0 radical (unpaired) electrons. The highest BCUT2D eigenvalue weighted by molar-refractivity contribution is 5.95. The van der Waals surface area contributed by atoms with Gasteiger partial charge in [0.25, 0.3) is 5.91 Å². The van der Waals surface area contributed by atoms with Crippen LogP contribution in [-0.2, 0) is 4.74 Å². The SMILES string of the molecule is O=C(c1ccc2c(c1)OCO2)N1CCC(OCCO)CC1. The normalized spacial score (nSPS) is 18.0. The number of likely N-dealkylation sites (tertiary alicyclic amines) is 1. The molecule has 6 nitrogen and oxygen atoms in total. The Morgan fingerprint density at radius 1 is 1.29 bits per heavy atom. The molecule has 1 N–H and O–H groups in total. The van der Waals surface area contributed by atoms with Gasteiger partial charge in [-0.1, -0.05) is 0 Å². The maximum absolute atomic E-state index is 12.5. The second kappa shape index (κ2) is 6.32. The fourth-order valence-electron chi connectivity index (χ4n) is 2.66. The summed E-state index contributed by atoms with van der Waals surface area (Å²) >= 11 is 0. The summed E-state index contributed by atoms with van der Waals surface area (Å²) in [6.07, 6.45) is 1.74. The predicted octanol–water partition coefficient (Wildman–Crippen LogP) is 1.03. The summed E-state index contributed by atoms with van der Waals surface area (Å²) in [7, 11) is 0. The molecule has 0 unspecified atom stereocenters. The van der Waals surface area contributed by atoms with E-state index in [0.717, 1.165) is 12.8 Å². The summed E-state index contributed by atoms with van der Waals surface area (Å²) < 4.78 is 16.0. The molecule has 2 heterocycles. The largest absolute Gasteiger partial charge is 0.454 e. The molecule has 114 valence electrons. The number of benzene rings is 1. The van der Waals surface area contributed by atoms with Crippen molar-refractivity contribution in [1.82, 2.24) is 4.90 Å². The topological polar surface area (TPSA) is 68.2 Å². The average molecular weight is 293 g/mol. The van der Waals surface area contributed by atoms with Crippen molar-refractivity contribution in [2.24, 2.45) is 0 Å². The Bertz CT molecular complexity index is 511. The third-order valence-electron chi connectivity index (χ3n) is 3.79. The van der Waals surface area contributed by atoms with Gasteiger partial charge in [-0.05, 0) is 31.0 Å². The van der Waals surface area contributed by atoms with Gasteiger partial charge in [-0.15, -0.1) is 0 Å². The Labute approximate surface area is 123 Å². The standard InChI is InChI=1S/C15H19NO5/c17-7-8-19-12-3-5-16(6-4-12)15(18)11-1-2-13-14(9-11)21-10-20-13/h1-2,9,12,17H,3-8,10H2. The minimum absolute atomic E-state index is 0.00825. The first-order chi connectivity index (χ1) is 10.3. The Balaban J connectivity index is 1.59. The molecule has 3 rings (SSSR count). The van der Waals surface area contributed by atoms with E-state index in [9.17, 15) is 4.79 Å². The molecule has 0 saturated carbocycles. The molecule has 0 bridgehead atoms. The van der Waals surface area contributed by atoms with Gasteiger partial charge in [0.05, 0.1) is 19.3 Å². The van der Waals surface area contributed by atoms with Gasteiger partial charge >= 0.3 is 0 Å². The molecule has 21 heavy (non-hydrogen) atoms. The van der Waals surface area contributed by atoms with Crippen LogP contribution in [0.25, 0.3) is 0 Å². The number of ether oxygens (including phenoxy) is 3. The minimum Gasteiger partial charge on any atom is -0.454 e. The first-order valence-corrected chi connectivity index (χ1v) is 7.19. The smallest absolute Gasteiger partial charge is 0.253 e. The van der Waals surface area contributed by atoms with Crippen LogP contribution in [-0.4, -0.2) is 55.1 Å². The van der Waals surface area contributed by atoms with Crippen LogP contribution in [0.15, 0.2) is 18.2 Å². The summed E-state index contributed by atoms with van der Waals surface area (Å²) in [5.41, 5.74) is 0.619. The van der Waals surface area contributed by atoms with Gasteiger partial charge in [0.15, 0.2) is 11.5 Å². The molecular weight excluding hydrogens is 274 g/mol. The van der Waals surface area contributed by atoms with E-state index in [-0.39, 0.29) is 25.4 Å². The lowest BCUT2D eigenvalue weighted by molar-refractivity contribution is -0.00554. The first kappa shape index (κ1) is 14.2. The minimum atomic E-state index is 0.00825. The van der Waals surface area contributed by atoms with E-state index in [4.69, 9.17) is 19.3 Å². The van der Waals surface area contributed by atoms with Crippen LogP contribution in [0.4, 0.5) is 0 Å². The van der Waals surface area contributed by atoms with Crippen LogP contribution in [0.2, 0.25) is 0 Å². The number of hydrogen-bond acceptors (Lipinski definition) is 5. The lowest BCUT2D eigenvalue weighted by Gasteiger charge is -2.32. The fraction of sp³-hybridized carbons (Fsp3) is 0.533. The van der Waals surface area contributed by atoms with Gasteiger partial charge in [0.2, 0.25) is 6.79 Å². The summed E-state index contributed by atoms with van der Waals surface area (Å²) in [6.45, 7) is 1.95. The number of hydrogen-bond donors (Lipinski definition) is 1. The van der Waals surface area contributed by atoms with Gasteiger partial charge in [-0.2, -0.15) is 0 Å². The highest BCUT2D eigenvalue weighted by atomic mass is 16.7. The van der Waals surface area contributed by atoms with Gasteiger partial charge in [-0.3, -0.25) is 4.79 Å². The fourth-order valence-corrected chi connectivity index (χ4v) is 2.66. The van der Waals surface area contributed by atoms with Crippen molar-refractivity contribution >= 4 is 5.91 Å². The van der Waals surface area contributed by atoms with Gasteiger partial charge in [-0.25, -0.2) is 0 Å². The van der Waals surface area contributed by atoms with Crippen molar-refractivity contribution < 1.29 is 24.1 Å². The van der Waals surface area contributed by atoms with Crippen molar-refractivity contribution in [1.29, 1.82) is 0 Å². The van der Waals surface area contributed by atoms with Crippen molar-refractivity contribution in [3.8, 4) is 11.5 Å². The number of aliphatic hydroxyl groups excluding tert-OH is 1. The summed E-state index contributed by atoms with van der Waals surface area (Å²) in [5, 5.41) is 8.75. The molecule has 2 aliphatic heterocycles. The number of carbonyl (C=O) groups excluding carboxylic acids is 1. The highest BCUT2D eigenvalue weighted by Gasteiger charge is 2.25. The maximum atomic E-state index is 12.5. The predicted molar refractivity (Wildman–Crippen MR) is 74.5 cm³/mol. The maximum Gasteiger partial charge on any atom is 0.253 e. The molecule has 6 heteroatoms. The van der Waals surface area contributed by atoms with E-state index in [2.05, 4.69) is 0 Å². The van der Waals surface area contributed by atoms with Crippen molar-refractivity contribution in [3.05, 3.63) is 23.8 Å². The van der Waals surface area contributed by atoms with Crippen molar-refractivity contribution in [3.63, 3.8) is 0 Å². The Hall–Kier alpha value is -1.79. The second-order valence-electron chi connectivity index (χ2n) is 5.15. The zero-order valence-electron chi connectivity index (χ0n) is 11.8. The van der Waals surface area contributed by atoms with Gasteiger partial charge < -0.3 is 24.2 Å². The number of fused-ring (bicyclic) bond motifs is 1. The number of nitrogens with zero attached hydrogens (tertiary/aromatic N) is 1. The molecule has 0 aromatic heterocycles. The lowest BCUT2D eigenvalue weighted by atomic mass is 10.1. The zero-order valence-corrected chi connectivity index (χ0v) is 11.8. The summed E-state index contributed by atoms with van der Waals surface area (Å²) in [5.74, 6) is 1.32. The Morgan fingerprint density at radius 2 is 2.05 bits per heavy atom. The quantitative estimate of drug-likeness (QED) is 0.898. The summed E-state index contributed by atoms with van der Waals surface area (Å²) in [6, 6.07) is 5.27. The number of rotatable bonds is 4. The monoisotopic (exact) mass is 293 g/mol. The van der Waals surface area contributed by atoms with Crippen LogP contribution in [0.1, 0.15) is 23.2 Å². The number of carbonyl (C=O) groups is 1. The van der Waals surface area contributed by atoms with E-state index >= 15 is 0 Å². The third-order valence-corrected chi connectivity index (χ3v) is 3.79. The molecule has 2 aliphatic rings. The molecule has 0 atom stereocenters. The molecule has 1 fully saturated rings. The Kier molecular flexibility index (Phi) is 4.26. The lowest BCUT2D eigenvalue weighted by Crippen LogP contribution is -2.41. The highest BCUT2D eigenvalue weighted by Crippen LogP contribution is 2.33. The number of piperidine rings is 1. The van der Waals surface area contributed by atoms with Crippen molar-refractivity contribution in [2.75, 3.05) is 33.1 Å². The third kappa shape index (κ3) is 3.11. The molecule has 0 aliphatic carbocycles. The van der Waals surface area contributed by atoms with Crippen LogP contribution < -0.4 is 9.47 Å². The van der Waals surface area contributed by atoms with Crippen LogP contribution >= 0.6 is 0 Å². The van der Waals surface area contributed by atoms with Gasteiger partial charge in [0.1, 0.15) is 0 Å². The van der Waals surface area contributed by atoms with E-state index in [1.165, 1.54) is 0 Å².